The average Bonchev–Trinajstić information content (AvgIpc) is 3.53. The third-order valence-corrected chi connectivity index (χ3v) is 7.86. The second kappa shape index (κ2) is 10.3. The van der Waals surface area contributed by atoms with E-state index in [9.17, 15) is 9.59 Å². The number of carbonyl (C=O) groups is 2. The largest absolute Gasteiger partial charge is 0.352 e. The molecule has 5 rings (SSSR count). The zero-order chi connectivity index (χ0) is 22.6. The molecule has 0 spiro atoms. The first kappa shape index (κ1) is 22.5. The van der Waals surface area contributed by atoms with E-state index < -0.39 is 0 Å². The van der Waals surface area contributed by atoms with E-state index in [0.29, 0.717) is 25.7 Å². The number of nitrogens with one attached hydrogen (secondary N) is 1. The van der Waals surface area contributed by atoms with Gasteiger partial charge in [-0.1, -0.05) is 30.3 Å². The number of carbonyl (C=O) groups excluding carboxylic acids is 2. The molecule has 1 saturated carbocycles. The molecule has 3 aliphatic rings. The molecule has 176 valence electrons. The number of hydrogen-bond acceptors (Lipinski definition) is 6. The summed E-state index contributed by atoms with van der Waals surface area (Å²) in [4.78, 5) is 38.1. The van der Waals surface area contributed by atoms with Crippen molar-refractivity contribution in [2.45, 2.75) is 51.1 Å². The van der Waals surface area contributed by atoms with Crippen LogP contribution in [0, 0.1) is 0 Å². The highest BCUT2D eigenvalue weighted by molar-refractivity contribution is 7.15. The van der Waals surface area contributed by atoms with E-state index in [0.717, 1.165) is 62.6 Å². The summed E-state index contributed by atoms with van der Waals surface area (Å²) in [5.74, 6) is 0.230. The smallest absolute Gasteiger partial charge is 0.243 e. The molecule has 1 aliphatic heterocycles. The molecule has 2 aliphatic carbocycles. The van der Waals surface area contributed by atoms with Gasteiger partial charge in [0.25, 0.3) is 0 Å². The lowest BCUT2D eigenvalue weighted by Crippen LogP contribution is -2.52. The number of nitrogens with zero attached hydrogens (tertiary/aromatic N) is 4. The van der Waals surface area contributed by atoms with Crippen LogP contribution in [0.1, 0.15) is 41.8 Å². The number of rotatable bonds is 8. The Bertz CT molecular complexity index is 943. The molecular weight excluding hydrogens is 434 g/mol. The van der Waals surface area contributed by atoms with E-state index in [-0.39, 0.29) is 11.8 Å². The van der Waals surface area contributed by atoms with Crippen molar-refractivity contribution in [1.82, 2.24) is 20.1 Å². The quantitative estimate of drug-likeness (QED) is 0.646. The van der Waals surface area contributed by atoms with Crippen molar-refractivity contribution in [3.05, 3.63) is 46.5 Å². The first-order valence-corrected chi connectivity index (χ1v) is 13.0. The molecule has 0 bridgehead atoms. The maximum Gasteiger partial charge on any atom is 0.243 e. The van der Waals surface area contributed by atoms with Crippen LogP contribution in [0.25, 0.3) is 0 Å². The van der Waals surface area contributed by atoms with E-state index in [2.05, 4.69) is 27.2 Å². The molecule has 1 N–H and O–H groups in total. The minimum Gasteiger partial charge on any atom is -0.352 e. The summed E-state index contributed by atoms with van der Waals surface area (Å²) in [6.45, 7) is 4.63. The topological polar surface area (TPSA) is 68.8 Å². The Hall–Kier alpha value is -2.29. The summed E-state index contributed by atoms with van der Waals surface area (Å²) in [7, 11) is 0. The van der Waals surface area contributed by atoms with Gasteiger partial charge in [-0.05, 0) is 44.1 Å². The number of benzene rings is 1. The van der Waals surface area contributed by atoms with Crippen LogP contribution in [0.3, 0.4) is 0 Å². The minimum absolute atomic E-state index is 0.102. The van der Waals surface area contributed by atoms with Gasteiger partial charge >= 0.3 is 0 Å². The summed E-state index contributed by atoms with van der Waals surface area (Å²) in [6.07, 6.45) is 6.73. The third kappa shape index (κ3) is 5.99. The van der Waals surface area contributed by atoms with Crippen molar-refractivity contribution in [2.75, 3.05) is 44.2 Å². The van der Waals surface area contributed by atoms with Crippen molar-refractivity contribution >= 4 is 28.3 Å². The van der Waals surface area contributed by atoms with Crippen LogP contribution in [0.15, 0.2) is 30.3 Å². The molecule has 2 amide bonds. The molecule has 2 fully saturated rings. The van der Waals surface area contributed by atoms with Crippen molar-refractivity contribution in [2.24, 2.45) is 0 Å². The first-order chi connectivity index (χ1) is 16.1. The lowest BCUT2D eigenvalue weighted by Gasteiger charge is -2.34. The second-order valence-corrected chi connectivity index (χ2v) is 10.5. The maximum atomic E-state index is 13.5. The van der Waals surface area contributed by atoms with Gasteiger partial charge in [0, 0.05) is 37.1 Å². The van der Waals surface area contributed by atoms with Crippen molar-refractivity contribution in [1.29, 1.82) is 0 Å². The number of aromatic nitrogens is 1. The number of anilines is 1. The van der Waals surface area contributed by atoms with E-state index in [1.54, 1.807) is 11.3 Å². The highest BCUT2D eigenvalue weighted by Crippen LogP contribution is 2.32. The van der Waals surface area contributed by atoms with Crippen molar-refractivity contribution < 1.29 is 9.59 Å². The molecule has 0 radical (unpaired) electrons. The van der Waals surface area contributed by atoms with Crippen molar-refractivity contribution in [3.8, 4) is 0 Å². The van der Waals surface area contributed by atoms with Crippen LogP contribution in [0.4, 0.5) is 5.13 Å². The predicted octanol–water partition coefficient (Wildman–Crippen LogP) is 2.45. The number of hydrogen-bond donors (Lipinski definition) is 1. The van der Waals surface area contributed by atoms with Gasteiger partial charge in [0.15, 0.2) is 5.13 Å². The number of fused-ring (bicyclic) bond motifs is 1. The van der Waals surface area contributed by atoms with Gasteiger partial charge in [0.1, 0.15) is 0 Å². The number of piperazine rings is 1. The molecular formula is C25H33N5O2S. The Balaban J connectivity index is 1.21. The summed E-state index contributed by atoms with van der Waals surface area (Å²) in [5, 5.41) is 3.90. The van der Waals surface area contributed by atoms with Crippen LogP contribution < -0.4 is 10.2 Å². The molecule has 0 atom stereocenters. The SMILES string of the molecule is O=C(CN1CCN(CC(=O)N(Cc2ccccc2)c2nc3c(s2)CCCC3)CC1)NC1CC1. The van der Waals surface area contributed by atoms with Gasteiger partial charge < -0.3 is 5.32 Å². The van der Waals surface area contributed by atoms with Crippen LogP contribution in [0.2, 0.25) is 0 Å². The Labute approximate surface area is 199 Å². The highest BCUT2D eigenvalue weighted by atomic mass is 32.1. The predicted molar refractivity (Wildman–Crippen MR) is 130 cm³/mol. The zero-order valence-corrected chi connectivity index (χ0v) is 20.0. The van der Waals surface area contributed by atoms with Gasteiger partial charge in [0.05, 0.1) is 25.3 Å². The van der Waals surface area contributed by atoms with Gasteiger partial charge in [-0.15, -0.1) is 11.3 Å². The van der Waals surface area contributed by atoms with Gasteiger partial charge in [-0.25, -0.2) is 4.98 Å². The molecule has 1 aromatic heterocycles. The minimum atomic E-state index is 0.102. The molecule has 2 heterocycles. The Kier molecular flexibility index (Phi) is 7.04. The van der Waals surface area contributed by atoms with Gasteiger partial charge in [-0.3, -0.25) is 24.3 Å². The molecule has 33 heavy (non-hydrogen) atoms. The lowest BCUT2D eigenvalue weighted by atomic mass is 10.0. The van der Waals surface area contributed by atoms with Gasteiger partial charge in [-0.2, -0.15) is 0 Å². The number of aryl methyl sites for hydroxylation is 2. The second-order valence-electron chi connectivity index (χ2n) is 9.43. The molecule has 7 nitrogen and oxygen atoms in total. The Morgan fingerprint density at radius 2 is 1.70 bits per heavy atom. The fourth-order valence-corrected chi connectivity index (χ4v) is 5.73. The standard InChI is InChI=1S/C25H33N5O2S/c31-23(26-20-10-11-20)17-28-12-14-29(15-13-28)18-24(32)30(16-19-6-2-1-3-7-19)25-27-21-8-4-5-9-22(21)33-25/h1-3,6-7,20H,4-5,8-18H2,(H,26,31). The average molecular weight is 468 g/mol. The van der Waals surface area contributed by atoms with E-state index in [1.807, 2.05) is 23.1 Å². The van der Waals surface area contributed by atoms with Gasteiger partial charge in [0.2, 0.25) is 11.8 Å². The Morgan fingerprint density at radius 3 is 2.39 bits per heavy atom. The summed E-state index contributed by atoms with van der Waals surface area (Å²) in [5.41, 5.74) is 2.30. The molecule has 8 heteroatoms. The van der Waals surface area contributed by atoms with Crippen molar-refractivity contribution in [3.63, 3.8) is 0 Å². The van der Waals surface area contributed by atoms with Crippen LogP contribution in [-0.2, 0) is 29.0 Å². The summed E-state index contributed by atoms with van der Waals surface area (Å²) in [6, 6.07) is 10.6. The lowest BCUT2D eigenvalue weighted by molar-refractivity contribution is -0.124. The fourth-order valence-electron chi connectivity index (χ4n) is 4.57. The number of amides is 2. The number of thiazole rings is 1. The first-order valence-electron chi connectivity index (χ1n) is 12.2. The van der Waals surface area contributed by atoms with Crippen LogP contribution >= 0.6 is 11.3 Å². The van der Waals surface area contributed by atoms with E-state index >= 15 is 0 Å². The van der Waals surface area contributed by atoms with Crippen LogP contribution in [-0.4, -0.2) is 71.9 Å². The Morgan fingerprint density at radius 1 is 1.00 bits per heavy atom. The highest BCUT2D eigenvalue weighted by Gasteiger charge is 2.28. The third-order valence-electron chi connectivity index (χ3n) is 6.68. The monoisotopic (exact) mass is 467 g/mol. The summed E-state index contributed by atoms with van der Waals surface area (Å²) < 4.78 is 0. The maximum absolute atomic E-state index is 13.5. The molecule has 1 saturated heterocycles. The summed E-state index contributed by atoms with van der Waals surface area (Å²) >= 11 is 1.69. The van der Waals surface area contributed by atoms with E-state index in [4.69, 9.17) is 4.98 Å². The molecule has 1 aromatic carbocycles. The zero-order valence-electron chi connectivity index (χ0n) is 19.2. The van der Waals surface area contributed by atoms with E-state index in [1.165, 1.54) is 23.4 Å². The van der Waals surface area contributed by atoms with Crippen LogP contribution in [0.5, 0.6) is 0 Å². The fraction of sp³-hybridized carbons (Fsp3) is 0.560. The molecule has 2 aromatic rings. The molecule has 0 unspecified atom stereocenters. The normalized spacial score (nSPS) is 19.2.